The summed E-state index contributed by atoms with van der Waals surface area (Å²) in [6.07, 6.45) is 5.18. The average Bonchev–Trinajstić information content (AvgIpc) is 3.02. The number of imidazole rings is 1. The zero-order chi connectivity index (χ0) is 17.1. The van der Waals surface area contributed by atoms with Gasteiger partial charge in [0.1, 0.15) is 23.9 Å². The number of methoxy groups -OCH3 is 1. The topological polar surface area (TPSA) is 90.3 Å². The van der Waals surface area contributed by atoms with Gasteiger partial charge in [-0.05, 0) is 18.2 Å². The van der Waals surface area contributed by atoms with Gasteiger partial charge in [0, 0.05) is 18.2 Å². The zero-order valence-corrected chi connectivity index (χ0v) is 12.8. The van der Waals surface area contributed by atoms with Crippen molar-refractivity contribution in [1.29, 1.82) is 0 Å². The number of fused-ring (bicyclic) bond motifs is 1. The van der Waals surface area contributed by atoms with Gasteiger partial charge in [0.25, 0.3) is 5.69 Å². The lowest BCUT2D eigenvalue weighted by molar-refractivity contribution is -0.384. The van der Waals surface area contributed by atoms with Gasteiger partial charge in [-0.25, -0.2) is 4.98 Å². The van der Waals surface area contributed by atoms with Crippen molar-refractivity contribution in [2.24, 2.45) is 0 Å². The molecular formula is C17H13N3O4. The molecule has 0 aliphatic carbocycles. The van der Waals surface area contributed by atoms with E-state index in [1.54, 1.807) is 24.3 Å². The Labute approximate surface area is 137 Å². The van der Waals surface area contributed by atoms with Crippen molar-refractivity contribution < 1.29 is 14.4 Å². The fourth-order valence-electron chi connectivity index (χ4n) is 2.32. The van der Waals surface area contributed by atoms with Gasteiger partial charge in [-0.3, -0.25) is 10.1 Å². The number of non-ortho nitro benzene ring substituents is 1. The van der Waals surface area contributed by atoms with Crippen LogP contribution in [-0.4, -0.2) is 28.6 Å². The number of aromatic amines is 1. The second-order valence-electron chi connectivity index (χ2n) is 4.90. The summed E-state index contributed by atoms with van der Waals surface area (Å²) < 4.78 is 10.7. The largest absolute Gasteiger partial charge is 0.496 e. The Morgan fingerprint density at radius 2 is 2.17 bits per heavy atom. The lowest BCUT2D eigenvalue weighted by atomic mass is 10.2. The second-order valence-corrected chi connectivity index (χ2v) is 4.90. The third-order valence-electron chi connectivity index (χ3n) is 3.43. The molecule has 24 heavy (non-hydrogen) atoms. The summed E-state index contributed by atoms with van der Waals surface area (Å²) in [7, 11) is 1.54. The molecule has 0 spiro atoms. The molecule has 0 fully saturated rings. The molecule has 0 unspecified atom stereocenters. The third-order valence-corrected chi connectivity index (χ3v) is 3.43. The number of rotatable bonds is 5. The van der Waals surface area contributed by atoms with Crippen LogP contribution in [0.1, 0.15) is 0 Å². The van der Waals surface area contributed by atoms with E-state index in [9.17, 15) is 10.1 Å². The number of nitrogens with zero attached hydrogens (tertiary/aromatic N) is 2. The maximum absolute atomic E-state index is 10.9. The molecule has 0 atom stereocenters. The molecule has 7 heteroatoms. The molecule has 0 radical (unpaired) electrons. The standard InChI is InChI=1S/C17H13N3O4/c1-3-8-24-12-5-6-13(16(10-12)23-2)17-18-14-7-4-11(20(21)22)9-15(14)19-17/h1,4-7,9-10H,8H2,2H3,(H,18,19). The fourth-order valence-corrected chi connectivity index (χ4v) is 2.32. The Morgan fingerprint density at radius 3 is 2.88 bits per heavy atom. The van der Waals surface area contributed by atoms with E-state index >= 15 is 0 Å². The van der Waals surface area contributed by atoms with Crippen molar-refractivity contribution in [2.75, 3.05) is 13.7 Å². The van der Waals surface area contributed by atoms with Gasteiger partial charge in [-0.15, -0.1) is 6.42 Å². The van der Waals surface area contributed by atoms with Crippen molar-refractivity contribution in [3.8, 4) is 35.2 Å². The average molecular weight is 323 g/mol. The lowest BCUT2D eigenvalue weighted by Crippen LogP contribution is -1.95. The first-order valence-electron chi connectivity index (χ1n) is 7.01. The first kappa shape index (κ1) is 15.4. The summed E-state index contributed by atoms with van der Waals surface area (Å²) in [6.45, 7) is 0.163. The fraction of sp³-hybridized carbons (Fsp3) is 0.118. The SMILES string of the molecule is C#CCOc1ccc(-c2nc3cc([N+](=O)[O-])ccc3[nH]2)c(OC)c1. The van der Waals surface area contributed by atoms with Crippen molar-refractivity contribution >= 4 is 16.7 Å². The van der Waals surface area contributed by atoms with Crippen molar-refractivity contribution in [3.63, 3.8) is 0 Å². The minimum atomic E-state index is -0.452. The van der Waals surface area contributed by atoms with Crippen LogP contribution >= 0.6 is 0 Å². The molecule has 120 valence electrons. The number of nitro benzene ring substituents is 1. The number of ether oxygens (including phenoxy) is 2. The first-order chi connectivity index (χ1) is 11.6. The van der Waals surface area contributed by atoms with E-state index in [0.717, 1.165) is 0 Å². The molecule has 0 saturated carbocycles. The van der Waals surface area contributed by atoms with Gasteiger partial charge >= 0.3 is 0 Å². The van der Waals surface area contributed by atoms with Crippen LogP contribution in [-0.2, 0) is 0 Å². The number of nitrogens with one attached hydrogen (secondary N) is 1. The molecule has 1 aromatic heterocycles. The van der Waals surface area contributed by atoms with E-state index in [2.05, 4.69) is 15.9 Å². The highest BCUT2D eigenvalue weighted by Crippen LogP contribution is 2.33. The van der Waals surface area contributed by atoms with Gasteiger partial charge in [0.15, 0.2) is 0 Å². The Kier molecular flexibility index (Phi) is 4.03. The maximum Gasteiger partial charge on any atom is 0.271 e. The minimum absolute atomic E-state index is 0.00875. The maximum atomic E-state index is 10.9. The van der Waals surface area contributed by atoms with Crippen LogP contribution in [0.5, 0.6) is 11.5 Å². The van der Waals surface area contributed by atoms with Crippen LogP contribution in [0.2, 0.25) is 0 Å². The Balaban J connectivity index is 2.03. The molecule has 3 aromatic rings. The summed E-state index contributed by atoms with van der Waals surface area (Å²) in [5.41, 5.74) is 1.91. The van der Waals surface area contributed by atoms with Crippen LogP contribution in [0.4, 0.5) is 5.69 Å². The number of aromatic nitrogens is 2. The summed E-state index contributed by atoms with van der Waals surface area (Å²) >= 11 is 0. The number of benzene rings is 2. The zero-order valence-electron chi connectivity index (χ0n) is 12.8. The Morgan fingerprint density at radius 1 is 1.33 bits per heavy atom. The summed E-state index contributed by atoms with van der Waals surface area (Å²) in [5.74, 6) is 4.08. The second kappa shape index (κ2) is 6.30. The quantitative estimate of drug-likeness (QED) is 0.442. The van der Waals surface area contributed by atoms with Crippen molar-refractivity contribution in [2.45, 2.75) is 0 Å². The Hall–Kier alpha value is -3.53. The number of H-pyrrole nitrogens is 1. The van der Waals surface area contributed by atoms with Crippen LogP contribution in [0, 0.1) is 22.5 Å². The van der Waals surface area contributed by atoms with E-state index in [1.165, 1.54) is 19.2 Å². The molecule has 0 saturated heterocycles. The minimum Gasteiger partial charge on any atom is -0.496 e. The molecule has 2 aromatic carbocycles. The van der Waals surface area contributed by atoms with Crippen LogP contribution in [0.25, 0.3) is 22.4 Å². The van der Waals surface area contributed by atoms with Gasteiger partial charge in [0.05, 0.1) is 28.6 Å². The van der Waals surface area contributed by atoms with E-state index < -0.39 is 4.92 Å². The molecular weight excluding hydrogens is 310 g/mol. The van der Waals surface area contributed by atoms with E-state index in [0.29, 0.717) is 33.9 Å². The van der Waals surface area contributed by atoms with Gasteiger partial charge in [0.2, 0.25) is 0 Å². The van der Waals surface area contributed by atoms with Crippen LogP contribution in [0.3, 0.4) is 0 Å². The highest BCUT2D eigenvalue weighted by Gasteiger charge is 2.14. The first-order valence-corrected chi connectivity index (χ1v) is 7.01. The van der Waals surface area contributed by atoms with Crippen LogP contribution in [0.15, 0.2) is 36.4 Å². The summed E-state index contributed by atoms with van der Waals surface area (Å²) in [4.78, 5) is 18.0. The van der Waals surface area contributed by atoms with Crippen molar-refractivity contribution in [1.82, 2.24) is 9.97 Å². The van der Waals surface area contributed by atoms with Gasteiger partial charge in [-0.2, -0.15) is 0 Å². The number of hydrogen-bond acceptors (Lipinski definition) is 5. The van der Waals surface area contributed by atoms with Gasteiger partial charge in [-0.1, -0.05) is 5.92 Å². The predicted molar refractivity (Wildman–Crippen MR) is 89.1 cm³/mol. The molecule has 0 amide bonds. The van der Waals surface area contributed by atoms with E-state index in [4.69, 9.17) is 15.9 Å². The van der Waals surface area contributed by atoms with Gasteiger partial charge < -0.3 is 14.5 Å². The normalized spacial score (nSPS) is 10.3. The molecule has 0 bridgehead atoms. The van der Waals surface area contributed by atoms with Crippen LogP contribution < -0.4 is 9.47 Å². The molecule has 3 rings (SSSR count). The number of hydrogen-bond donors (Lipinski definition) is 1. The number of nitro groups is 1. The Bertz CT molecular complexity index is 956. The van der Waals surface area contributed by atoms with Crippen molar-refractivity contribution in [3.05, 3.63) is 46.5 Å². The van der Waals surface area contributed by atoms with E-state index in [-0.39, 0.29) is 12.3 Å². The smallest absolute Gasteiger partial charge is 0.271 e. The third kappa shape index (κ3) is 2.85. The predicted octanol–water partition coefficient (Wildman–Crippen LogP) is 3.16. The monoisotopic (exact) mass is 323 g/mol. The summed E-state index contributed by atoms with van der Waals surface area (Å²) in [6, 6.07) is 9.73. The summed E-state index contributed by atoms with van der Waals surface area (Å²) in [5, 5.41) is 10.9. The van der Waals surface area contributed by atoms with E-state index in [1.807, 2.05) is 0 Å². The lowest BCUT2D eigenvalue weighted by Gasteiger charge is -2.09. The molecule has 1 N–H and O–H groups in total. The molecule has 7 nitrogen and oxygen atoms in total. The molecule has 0 aliphatic heterocycles. The molecule has 0 aliphatic rings. The highest BCUT2D eigenvalue weighted by molar-refractivity contribution is 5.82. The highest BCUT2D eigenvalue weighted by atomic mass is 16.6. The number of terminal acetylenes is 1. The molecule has 1 heterocycles.